The minimum Gasteiger partial charge on any atom is -0.358 e. The molecule has 4 nitrogen and oxygen atoms in total. The Morgan fingerprint density at radius 1 is 1.00 bits per heavy atom. The largest absolute Gasteiger partial charge is 0.358 e. The van der Waals surface area contributed by atoms with Crippen molar-refractivity contribution >= 4 is 16.7 Å². The van der Waals surface area contributed by atoms with Gasteiger partial charge in [-0.25, -0.2) is 0 Å². The number of benzene rings is 1. The second-order valence-corrected chi connectivity index (χ2v) is 6.43. The summed E-state index contributed by atoms with van der Waals surface area (Å²) in [6, 6.07) is 9.34. The Balaban J connectivity index is 1.69. The molecule has 0 unspecified atom stereocenters. The fourth-order valence-corrected chi connectivity index (χ4v) is 3.88. The van der Waals surface area contributed by atoms with Crippen LogP contribution in [0.3, 0.4) is 0 Å². The summed E-state index contributed by atoms with van der Waals surface area (Å²) in [7, 11) is 0. The number of nitrogens with one attached hydrogen (secondary N) is 1. The van der Waals surface area contributed by atoms with Crippen LogP contribution >= 0.6 is 0 Å². The summed E-state index contributed by atoms with van der Waals surface area (Å²) in [4.78, 5) is 33.2. The molecule has 0 amide bonds. The number of para-hydroxylation sites is 1. The van der Waals surface area contributed by atoms with Crippen LogP contribution in [-0.2, 0) is 19.3 Å². The van der Waals surface area contributed by atoms with E-state index >= 15 is 0 Å². The van der Waals surface area contributed by atoms with Crippen LogP contribution in [0.25, 0.3) is 10.9 Å². The van der Waals surface area contributed by atoms with Crippen LogP contribution < -0.4 is 5.43 Å². The maximum Gasteiger partial charge on any atom is 0.193 e. The van der Waals surface area contributed by atoms with Gasteiger partial charge in [0.25, 0.3) is 0 Å². The lowest BCUT2D eigenvalue weighted by Crippen LogP contribution is -2.27. The Bertz CT molecular complexity index is 1120. The average molecular weight is 314 g/mol. The minimum atomic E-state index is 0.0771. The van der Waals surface area contributed by atoms with Crippen molar-refractivity contribution in [2.45, 2.75) is 19.3 Å². The van der Waals surface area contributed by atoms with Crippen LogP contribution in [0.15, 0.2) is 58.7 Å². The van der Waals surface area contributed by atoms with E-state index in [1.807, 2.05) is 24.3 Å². The number of pyridine rings is 2. The molecule has 4 heteroatoms. The summed E-state index contributed by atoms with van der Waals surface area (Å²) in [6.07, 6.45) is 5.18. The highest BCUT2D eigenvalue weighted by Crippen LogP contribution is 2.33. The second-order valence-electron chi connectivity index (χ2n) is 6.43. The van der Waals surface area contributed by atoms with Gasteiger partial charge in [0.1, 0.15) is 0 Å². The fraction of sp³-hybridized carbons (Fsp3) is 0.150. The molecule has 0 fully saturated rings. The van der Waals surface area contributed by atoms with Crippen LogP contribution in [0, 0.1) is 0 Å². The normalized spacial score (nSPS) is 15.9. The van der Waals surface area contributed by atoms with Crippen molar-refractivity contribution in [3.8, 4) is 0 Å². The smallest absolute Gasteiger partial charge is 0.193 e. The van der Waals surface area contributed by atoms with E-state index in [1.54, 1.807) is 18.5 Å². The predicted octanol–water partition coefficient (Wildman–Crippen LogP) is 2.76. The van der Waals surface area contributed by atoms with E-state index in [9.17, 15) is 9.59 Å². The number of aromatic amines is 1. The molecule has 0 spiro atoms. The Hall–Kier alpha value is -3.01. The molecule has 0 bridgehead atoms. The van der Waals surface area contributed by atoms with Gasteiger partial charge in [-0.15, -0.1) is 0 Å². The molecule has 0 saturated heterocycles. The third-order valence-corrected chi connectivity index (χ3v) is 5.09. The van der Waals surface area contributed by atoms with Gasteiger partial charge < -0.3 is 4.98 Å². The summed E-state index contributed by atoms with van der Waals surface area (Å²) >= 11 is 0. The lowest BCUT2D eigenvalue weighted by atomic mass is 9.77. The van der Waals surface area contributed by atoms with Gasteiger partial charge in [-0.3, -0.25) is 14.6 Å². The number of allylic oxidation sites excluding steroid dienone is 2. The number of H-pyrrole nitrogens is 1. The standard InChI is InChI=1S/C20H14N2O2/c23-19-13-5-6-21-10-12(13)7-11-8-16-18(9-15(11)19)22-17-4-2-1-3-14(17)20(16)24/h1-6,10H,7-9H2,(H,22,24). The topological polar surface area (TPSA) is 62.8 Å². The predicted molar refractivity (Wildman–Crippen MR) is 91.3 cm³/mol. The zero-order valence-electron chi connectivity index (χ0n) is 12.9. The molecule has 2 aliphatic rings. The number of fused-ring (bicyclic) bond motifs is 3. The van der Waals surface area contributed by atoms with E-state index in [-0.39, 0.29) is 11.2 Å². The Kier molecular flexibility index (Phi) is 2.65. The monoisotopic (exact) mass is 314 g/mol. The number of rotatable bonds is 0. The number of ketones is 1. The first-order chi connectivity index (χ1) is 11.7. The fourth-order valence-electron chi connectivity index (χ4n) is 3.88. The van der Waals surface area contributed by atoms with Crippen molar-refractivity contribution in [1.82, 2.24) is 9.97 Å². The zero-order valence-corrected chi connectivity index (χ0v) is 12.9. The molecule has 24 heavy (non-hydrogen) atoms. The molecule has 0 saturated carbocycles. The van der Waals surface area contributed by atoms with E-state index in [4.69, 9.17) is 0 Å². The Labute approximate surface area is 137 Å². The molecule has 0 atom stereocenters. The SMILES string of the molecule is O=C1C2=C(Cc3cnccc31)Cc1c([nH]c3ccccc3c1=O)C2. The highest BCUT2D eigenvalue weighted by Gasteiger charge is 2.31. The molecule has 1 N–H and O–H groups in total. The Morgan fingerprint density at radius 3 is 2.79 bits per heavy atom. The van der Waals surface area contributed by atoms with Gasteiger partial charge in [0.2, 0.25) is 0 Å². The van der Waals surface area contributed by atoms with Crippen LogP contribution in [0.1, 0.15) is 27.2 Å². The molecule has 116 valence electrons. The van der Waals surface area contributed by atoms with Crippen molar-refractivity contribution in [2.24, 2.45) is 0 Å². The zero-order chi connectivity index (χ0) is 16.3. The molecular formula is C20H14N2O2. The van der Waals surface area contributed by atoms with Gasteiger partial charge >= 0.3 is 0 Å². The molecule has 5 rings (SSSR count). The highest BCUT2D eigenvalue weighted by molar-refractivity contribution is 6.11. The lowest BCUT2D eigenvalue weighted by Gasteiger charge is -2.27. The Morgan fingerprint density at radius 2 is 1.88 bits per heavy atom. The number of hydrogen-bond acceptors (Lipinski definition) is 3. The van der Waals surface area contributed by atoms with Gasteiger partial charge in [-0.05, 0) is 30.2 Å². The van der Waals surface area contributed by atoms with Crippen molar-refractivity contribution in [2.75, 3.05) is 0 Å². The van der Waals surface area contributed by atoms with Crippen molar-refractivity contribution in [1.29, 1.82) is 0 Å². The van der Waals surface area contributed by atoms with Crippen LogP contribution in [-0.4, -0.2) is 15.8 Å². The van der Waals surface area contributed by atoms with Gasteiger partial charge in [0.15, 0.2) is 11.2 Å². The number of aromatic nitrogens is 2. The number of carbonyl (C=O) groups excluding carboxylic acids is 1. The second kappa shape index (κ2) is 4.74. The first-order valence-electron chi connectivity index (χ1n) is 8.03. The molecule has 3 aromatic rings. The van der Waals surface area contributed by atoms with Crippen LogP contribution in [0.4, 0.5) is 0 Å². The number of carbonyl (C=O) groups is 1. The molecule has 1 aromatic carbocycles. The summed E-state index contributed by atoms with van der Waals surface area (Å²) in [5, 5.41) is 0.713. The van der Waals surface area contributed by atoms with E-state index in [0.29, 0.717) is 24.6 Å². The van der Waals surface area contributed by atoms with E-state index < -0.39 is 0 Å². The molecule has 2 heterocycles. The number of nitrogens with zero attached hydrogens (tertiary/aromatic N) is 1. The first-order valence-corrected chi connectivity index (χ1v) is 8.03. The quantitative estimate of drug-likeness (QED) is 0.694. The van der Waals surface area contributed by atoms with E-state index in [2.05, 4.69) is 9.97 Å². The van der Waals surface area contributed by atoms with Gasteiger partial charge in [0, 0.05) is 58.5 Å². The average Bonchev–Trinajstić information content (AvgIpc) is 2.62. The maximum absolute atomic E-state index is 12.8. The summed E-state index contributed by atoms with van der Waals surface area (Å²) < 4.78 is 0. The maximum atomic E-state index is 12.8. The first kappa shape index (κ1) is 13.4. The minimum absolute atomic E-state index is 0.0771. The molecule has 0 aliphatic heterocycles. The van der Waals surface area contributed by atoms with Crippen molar-refractivity contribution in [3.63, 3.8) is 0 Å². The summed E-state index contributed by atoms with van der Waals surface area (Å²) in [5.74, 6) is 0.0771. The van der Waals surface area contributed by atoms with Gasteiger partial charge in [-0.2, -0.15) is 0 Å². The van der Waals surface area contributed by atoms with Crippen molar-refractivity contribution < 1.29 is 4.79 Å². The van der Waals surface area contributed by atoms with Crippen LogP contribution in [0.2, 0.25) is 0 Å². The number of Topliss-reactive ketones (excluding diaryl/α,β-unsaturated/α-hetero) is 1. The highest BCUT2D eigenvalue weighted by atomic mass is 16.1. The number of hydrogen-bond donors (Lipinski definition) is 1. The molecule has 0 radical (unpaired) electrons. The third-order valence-electron chi connectivity index (χ3n) is 5.09. The van der Waals surface area contributed by atoms with Crippen molar-refractivity contribution in [3.05, 3.63) is 86.5 Å². The van der Waals surface area contributed by atoms with Gasteiger partial charge in [-0.1, -0.05) is 17.7 Å². The summed E-state index contributed by atoms with van der Waals surface area (Å²) in [5.41, 5.74) is 6.20. The molecule has 2 aromatic heterocycles. The van der Waals surface area contributed by atoms with E-state index in [0.717, 1.165) is 39.0 Å². The third kappa shape index (κ3) is 1.77. The molecular weight excluding hydrogens is 300 g/mol. The lowest BCUT2D eigenvalue weighted by molar-refractivity contribution is 0.102. The molecule has 2 aliphatic carbocycles. The van der Waals surface area contributed by atoms with E-state index in [1.165, 1.54) is 0 Å². The van der Waals surface area contributed by atoms with Crippen LogP contribution in [0.5, 0.6) is 0 Å². The summed E-state index contributed by atoms with van der Waals surface area (Å²) in [6.45, 7) is 0. The van der Waals surface area contributed by atoms with Gasteiger partial charge in [0.05, 0.1) is 0 Å².